The molecule has 1 aromatic heterocycles. The minimum absolute atomic E-state index is 0.160. The molecule has 8 heteroatoms. The maximum absolute atomic E-state index is 11.0. The minimum atomic E-state index is -1.20. The monoisotopic (exact) mass is 290 g/mol. The number of aromatic nitrogens is 2. The number of nitrogens with one attached hydrogen (secondary N) is 1. The second-order valence-electron chi connectivity index (χ2n) is 4.16. The van der Waals surface area contributed by atoms with Crippen LogP contribution in [0, 0.1) is 0 Å². The molecule has 0 bridgehead atoms. The number of carboxylic acid groups (broad SMARTS) is 1. The van der Waals surface area contributed by atoms with Crippen molar-refractivity contribution in [3.05, 3.63) is 30.1 Å². The Morgan fingerprint density at radius 3 is 2.76 bits per heavy atom. The highest BCUT2D eigenvalue weighted by Gasteiger charge is 2.12. The highest BCUT2D eigenvalue weighted by molar-refractivity contribution is 5.93. The number of ether oxygens (including phenoxy) is 1. The Labute approximate surface area is 119 Å². The number of primary amides is 1. The van der Waals surface area contributed by atoms with Gasteiger partial charge in [-0.1, -0.05) is 12.1 Å². The molecule has 0 unspecified atom stereocenters. The molecule has 2 rings (SSSR count). The number of carboxylic acids is 1. The topological polar surface area (TPSA) is 127 Å². The molecule has 0 saturated heterocycles. The van der Waals surface area contributed by atoms with Gasteiger partial charge >= 0.3 is 5.97 Å². The van der Waals surface area contributed by atoms with Gasteiger partial charge in [-0.25, -0.2) is 14.8 Å². The summed E-state index contributed by atoms with van der Waals surface area (Å²) in [5.74, 6) is -1.63. The van der Waals surface area contributed by atoms with Gasteiger partial charge in [0.15, 0.2) is 0 Å². The molecule has 1 aromatic carbocycles. The lowest BCUT2D eigenvalue weighted by molar-refractivity contribution is -0.122. The maximum atomic E-state index is 11.0. The summed E-state index contributed by atoms with van der Waals surface area (Å²) in [6, 6.07) is 7.06. The summed E-state index contributed by atoms with van der Waals surface area (Å²) in [6.07, 6.45) is 0. The van der Waals surface area contributed by atoms with Gasteiger partial charge in [0.05, 0.1) is 12.1 Å². The van der Waals surface area contributed by atoms with Crippen LogP contribution in [0.4, 0.5) is 5.82 Å². The fourth-order valence-electron chi connectivity index (χ4n) is 1.72. The first-order valence-electron chi connectivity index (χ1n) is 6.18. The number of para-hydroxylation sites is 1. The Balaban J connectivity index is 2.13. The van der Waals surface area contributed by atoms with Crippen molar-refractivity contribution in [3.63, 3.8) is 0 Å². The van der Waals surface area contributed by atoms with E-state index in [-0.39, 0.29) is 19.0 Å². The molecule has 2 aromatic rings. The van der Waals surface area contributed by atoms with Crippen molar-refractivity contribution in [2.24, 2.45) is 5.73 Å². The van der Waals surface area contributed by atoms with E-state index in [9.17, 15) is 9.59 Å². The fraction of sp³-hybridized carbons (Fsp3) is 0.231. The van der Waals surface area contributed by atoms with E-state index in [1.54, 1.807) is 24.3 Å². The molecule has 1 heterocycles. The Morgan fingerprint density at radius 1 is 1.29 bits per heavy atom. The molecule has 8 nitrogen and oxygen atoms in total. The zero-order valence-corrected chi connectivity index (χ0v) is 11.1. The highest BCUT2D eigenvalue weighted by atomic mass is 16.5. The average Bonchev–Trinajstić information content (AvgIpc) is 2.46. The molecule has 0 spiro atoms. The number of nitrogens with zero attached hydrogens (tertiary/aromatic N) is 2. The van der Waals surface area contributed by atoms with Gasteiger partial charge in [-0.15, -0.1) is 0 Å². The minimum Gasteiger partial charge on any atom is -0.475 e. The van der Waals surface area contributed by atoms with Crippen molar-refractivity contribution in [2.45, 2.75) is 0 Å². The van der Waals surface area contributed by atoms with Gasteiger partial charge in [0.25, 0.3) is 0 Å². The number of nitrogens with two attached hydrogens (primary N) is 1. The third-order valence-corrected chi connectivity index (χ3v) is 2.58. The molecule has 0 aliphatic rings. The van der Waals surface area contributed by atoms with Gasteiger partial charge < -0.3 is 20.9 Å². The molecular formula is C13H14N4O4. The van der Waals surface area contributed by atoms with Crippen molar-refractivity contribution in [3.8, 4) is 0 Å². The van der Waals surface area contributed by atoms with E-state index in [1.165, 1.54) is 0 Å². The molecule has 0 fully saturated rings. The normalized spacial score (nSPS) is 10.5. The van der Waals surface area contributed by atoms with Crippen molar-refractivity contribution >= 4 is 28.6 Å². The summed E-state index contributed by atoms with van der Waals surface area (Å²) in [5, 5.41) is 12.7. The third kappa shape index (κ3) is 3.86. The predicted octanol–water partition coefficient (Wildman–Crippen LogP) is 0.242. The van der Waals surface area contributed by atoms with Crippen LogP contribution in [-0.2, 0) is 9.53 Å². The number of hydrogen-bond donors (Lipinski definition) is 3. The molecule has 0 atom stereocenters. The lowest BCUT2D eigenvalue weighted by Crippen LogP contribution is -2.21. The molecule has 4 N–H and O–H groups in total. The molecule has 0 aliphatic carbocycles. The van der Waals surface area contributed by atoms with Gasteiger partial charge in [0.2, 0.25) is 11.7 Å². The Bertz CT molecular complexity index is 674. The number of carbonyl (C=O) groups is 2. The van der Waals surface area contributed by atoms with E-state index in [2.05, 4.69) is 15.3 Å². The van der Waals surface area contributed by atoms with E-state index in [4.69, 9.17) is 15.6 Å². The molecule has 0 aliphatic heterocycles. The first-order chi connectivity index (χ1) is 10.1. The molecule has 110 valence electrons. The molecule has 21 heavy (non-hydrogen) atoms. The number of amides is 1. The van der Waals surface area contributed by atoms with Gasteiger partial charge in [-0.05, 0) is 12.1 Å². The van der Waals surface area contributed by atoms with Crippen LogP contribution in [0.3, 0.4) is 0 Å². The Morgan fingerprint density at radius 2 is 2.05 bits per heavy atom. The van der Waals surface area contributed by atoms with E-state index in [0.29, 0.717) is 23.3 Å². The van der Waals surface area contributed by atoms with Gasteiger partial charge in [-0.2, -0.15) is 0 Å². The lowest BCUT2D eigenvalue weighted by Gasteiger charge is -2.09. The van der Waals surface area contributed by atoms with Crippen LogP contribution in [-0.4, -0.2) is 46.7 Å². The van der Waals surface area contributed by atoms with E-state index in [0.717, 1.165) is 0 Å². The number of benzene rings is 1. The first-order valence-corrected chi connectivity index (χ1v) is 6.18. The molecular weight excluding hydrogens is 276 g/mol. The van der Waals surface area contributed by atoms with Crippen LogP contribution >= 0.6 is 0 Å². The molecule has 1 amide bonds. The fourth-order valence-corrected chi connectivity index (χ4v) is 1.72. The van der Waals surface area contributed by atoms with Crippen LogP contribution in [0.15, 0.2) is 24.3 Å². The van der Waals surface area contributed by atoms with Crippen molar-refractivity contribution in [1.82, 2.24) is 9.97 Å². The van der Waals surface area contributed by atoms with Gasteiger partial charge in [-0.3, -0.25) is 4.79 Å². The quantitative estimate of drug-likeness (QED) is 0.623. The number of anilines is 1. The van der Waals surface area contributed by atoms with Gasteiger partial charge in [0.1, 0.15) is 12.4 Å². The van der Waals surface area contributed by atoms with Crippen LogP contribution in [0.2, 0.25) is 0 Å². The summed E-state index contributed by atoms with van der Waals surface area (Å²) in [6.45, 7) is 0.434. The number of rotatable bonds is 7. The number of fused-ring (bicyclic) bond motifs is 1. The van der Waals surface area contributed by atoms with Crippen molar-refractivity contribution in [2.75, 3.05) is 25.1 Å². The van der Waals surface area contributed by atoms with Crippen LogP contribution < -0.4 is 11.1 Å². The van der Waals surface area contributed by atoms with Crippen LogP contribution in [0.1, 0.15) is 10.6 Å². The summed E-state index contributed by atoms with van der Waals surface area (Å²) < 4.78 is 5.01. The molecule has 0 saturated carbocycles. The van der Waals surface area contributed by atoms with Crippen LogP contribution in [0.5, 0.6) is 0 Å². The van der Waals surface area contributed by atoms with E-state index >= 15 is 0 Å². The SMILES string of the molecule is NC(=O)COCCNc1nc(C(=O)O)nc2ccccc12. The number of carbonyl (C=O) groups excluding carboxylic acids is 1. The Hall–Kier alpha value is -2.74. The van der Waals surface area contributed by atoms with Crippen molar-refractivity contribution < 1.29 is 19.4 Å². The summed E-state index contributed by atoms with van der Waals surface area (Å²) >= 11 is 0. The largest absolute Gasteiger partial charge is 0.475 e. The third-order valence-electron chi connectivity index (χ3n) is 2.58. The maximum Gasteiger partial charge on any atom is 0.374 e. The van der Waals surface area contributed by atoms with E-state index < -0.39 is 11.9 Å². The molecule has 0 radical (unpaired) electrons. The average molecular weight is 290 g/mol. The Kier molecular flexibility index (Phi) is 4.62. The zero-order chi connectivity index (χ0) is 15.2. The number of hydrogen-bond acceptors (Lipinski definition) is 6. The van der Waals surface area contributed by atoms with Crippen molar-refractivity contribution in [1.29, 1.82) is 0 Å². The van der Waals surface area contributed by atoms with E-state index in [1.807, 2.05) is 0 Å². The first kappa shape index (κ1) is 14.7. The second kappa shape index (κ2) is 6.62. The predicted molar refractivity (Wildman–Crippen MR) is 75.0 cm³/mol. The smallest absolute Gasteiger partial charge is 0.374 e. The summed E-state index contributed by atoms with van der Waals surface area (Å²) in [4.78, 5) is 29.5. The van der Waals surface area contributed by atoms with Gasteiger partial charge in [0, 0.05) is 11.9 Å². The second-order valence-corrected chi connectivity index (χ2v) is 4.16. The highest BCUT2D eigenvalue weighted by Crippen LogP contribution is 2.19. The lowest BCUT2D eigenvalue weighted by atomic mass is 10.2. The van der Waals surface area contributed by atoms with Crippen LogP contribution in [0.25, 0.3) is 10.9 Å². The summed E-state index contributed by atoms with van der Waals surface area (Å²) in [5.41, 5.74) is 5.48. The zero-order valence-electron chi connectivity index (χ0n) is 11.1. The standard InChI is InChI=1S/C13H14N4O4/c14-10(18)7-21-6-5-15-11-8-3-1-2-4-9(8)16-12(17-11)13(19)20/h1-4H,5-7H2,(H2,14,18)(H,19,20)(H,15,16,17). The summed E-state index contributed by atoms with van der Waals surface area (Å²) in [7, 11) is 0. The number of aromatic carboxylic acids is 1.